The van der Waals surface area contributed by atoms with E-state index in [2.05, 4.69) is 29.7 Å². The molecule has 1 rings (SSSR count). The van der Waals surface area contributed by atoms with Gasteiger partial charge in [0.15, 0.2) is 0 Å². The Balaban J connectivity index is 2.12. The van der Waals surface area contributed by atoms with Crippen molar-refractivity contribution in [3.05, 3.63) is 21.9 Å². The third-order valence-corrected chi connectivity index (χ3v) is 3.37. The van der Waals surface area contributed by atoms with Gasteiger partial charge >= 0.3 is 0 Å². The smallest absolute Gasteiger partial charge is 0.0299 e. The molecule has 2 nitrogen and oxygen atoms in total. The summed E-state index contributed by atoms with van der Waals surface area (Å²) in [6.07, 6.45) is 2.35. The third-order valence-electron chi connectivity index (χ3n) is 2.15. The summed E-state index contributed by atoms with van der Waals surface area (Å²) in [5.41, 5.74) is 0. The standard InChI is InChI=1S/C11H20N2S/c1-3-10-5-6-11(14-10)9-13-8-4-7-12-2/h5-6,12-13H,3-4,7-9H2,1-2H3. The lowest BCUT2D eigenvalue weighted by Gasteiger charge is -2.01. The van der Waals surface area contributed by atoms with Gasteiger partial charge < -0.3 is 10.6 Å². The number of rotatable bonds is 7. The Hall–Kier alpha value is -0.380. The molecule has 0 saturated heterocycles. The van der Waals surface area contributed by atoms with E-state index in [1.807, 2.05) is 18.4 Å². The summed E-state index contributed by atoms with van der Waals surface area (Å²) in [6, 6.07) is 4.46. The first-order chi connectivity index (χ1) is 6.86. The fraction of sp³-hybridized carbons (Fsp3) is 0.636. The molecule has 3 heteroatoms. The van der Waals surface area contributed by atoms with Crippen LogP contribution in [0.4, 0.5) is 0 Å². The summed E-state index contributed by atoms with van der Waals surface area (Å²) in [4.78, 5) is 2.93. The van der Waals surface area contributed by atoms with E-state index in [0.717, 1.165) is 26.1 Å². The number of aryl methyl sites for hydroxylation is 1. The first kappa shape index (κ1) is 11.7. The summed E-state index contributed by atoms with van der Waals surface area (Å²) in [7, 11) is 1.99. The van der Waals surface area contributed by atoms with Gasteiger partial charge in [0.25, 0.3) is 0 Å². The van der Waals surface area contributed by atoms with Crippen molar-refractivity contribution >= 4 is 11.3 Å². The maximum Gasteiger partial charge on any atom is 0.0299 e. The molecule has 80 valence electrons. The molecule has 2 N–H and O–H groups in total. The first-order valence-corrected chi connectivity index (χ1v) is 6.11. The van der Waals surface area contributed by atoms with Gasteiger partial charge in [-0.2, -0.15) is 0 Å². The molecule has 0 aromatic carbocycles. The number of nitrogens with one attached hydrogen (secondary N) is 2. The van der Waals surface area contributed by atoms with E-state index in [-0.39, 0.29) is 0 Å². The zero-order valence-corrected chi connectivity index (χ0v) is 9.91. The van der Waals surface area contributed by atoms with Gasteiger partial charge in [-0.3, -0.25) is 0 Å². The van der Waals surface area contributed by atoms with Gasteiger partial charge in [-0.05, 0) is 45.1 Å². The van der Waals surface area contributed by atoms with Gasteiger partial charge in [0.1, 0.15) is 0 Å². The van der Waals surface area contributed by atoms with Crippen molar-refractivity contribution in [2.75, 3.05) is 20.1 Å². The highest BCUT2D eigenvalue weighted by atomic mass is 32.1. The topological polar surface area (TPSA) is 24.1 Å². The monoisotopic (exact) mass is 212 g/mol. The zero-order chi connectivity index (χ0) is 10.2. The molecular weight excluding hydrogens is 192 g/mol. The van der Waals surface area contributed by atoms with Crippen LogP contribution in [0.1, 0.15) is 23.1 Å². The molecule has 0 bridgehead atoms. The molecule has 14 heavy (non-hydrogen) atoms. The van der Waals surface area contributed by atoms with Crippen molar-refractivity contribution < 1.29 is 0 Å². The first-order valence-electron chi connectivity index (χ1n) is 5.29. The largest absolute Gasteiger partial charge is 0.320 e. The summed E-state index contributed by atoms with van der Waals surface area (Å²) >= 11 is 1.92. The molecular formula is C11H20N2S. The lowest BCUT2D eigenvalue weighted by Crippen LogP contribution is -2.18. The van der Waals surface area contributed by atoms with Gasteiger partial charge in [-0.1, -0.05) is 6.92 Å². The van der Waals surface area contributed by atoms with E-state index in [0.29, 0.717) is 0 Å². The van der Waals surface area contributed by atoms with Crippen molar-refractivity contribution in [2.24, 2.45) is 0 Å². The van der Waals surface area contributed by atoms with E-state index in [1.165, 1.54) is 16.2 Å². The highest BCUT2D eigenvalue weighted by Crippen LogP contribution is 2.16. The van der Waals surface area contributed by atoms with Gasteiger partial charge in [0, 0.05) is 16.3 Å². The molecule has 0 unspecified atom stereocenters. The average Bonchev–Trinajstić information content (AvgIpc) is 2.65. The Bertz CT molecular complexity index is 245. The van der Waals surface area contributed by atoms with Gasteiger partial charge in [-0.15, -0.1) is 11.3 Å². The van der Waals surface area contributed by atoms with Crippen LogP contribution < -0.4 is 10.6 Å². The van der Waals surface area contributed by atoms with Crippen molar-refractivity contribution in [3.8, 4) is 0 Å². The Kier molecular flexibility index (Phi) is 5.83. The van der Waals surface area contributed by atoms with E-state index in [9.17, 15) is 0 Å². The summed E-state index contributed by atoms with van der Waals surface area (Å²) < 4.78 is 0. The Morgan fingerprint density at radius 1 is 1.21 bits per heavy atom. The van der Waals surface area contributed by atoms with Crippen molar-refractivity contribution in [1.29, 1.82) is 0 Å². The molecule has 0 fully saturated rings. The van der Waals surface area contributed by atoms with E-state index < -0.39 is 0 Å². The maximum absolute atomic E-state index is 3.44. The van der Waals surface area contributed by atoms with Crippen molar-refractivity contribution in [1.82, 2.24) is 10.6 Å². The predicted molar refractivity (Wildman–Crippen MR) is 63.9 cm³/mol. The molecule has 0 radical (unpaired) electrons. The molecule has 1 aromatic heterocycles. The second-order valence-corrected chi connectivity index (χ2v) is 4.61. The average molecular weight is 212 g/mol. The quantitative estimate of drug-likeness (QED) is 0.676. The van der Waals surface area contributed by atoms with Crippen LogP contribution in [-0.4, -0.2) is 20.1 Å². The molecule has 0 spiro atoms. The van der Waals surface area contributed by atoms with Crippen molar-refractivity contribution in [2.45, 2.75) is 26.3 Å². The van der Waals surface area contributed by atoms with Crippen LogP contribution in [0, 0.1) is 0 Å². The van der Waals surface area contributed by atoms with Gasteiger partial charge in [0.05, 0.1) is 0 Å². The molecule has 0 amide bonds. The van der Waals surface area contributed by atoms with Crippen LogP contribution in [0.2, 0.25) is 0 Å². The maximum atomic E-state index is 3.44. The lowest BCUT2D eigenvalue weighted by molar-refractivity contribution is 0.629. The van der Waals surface area contributed by atoms with E-state index in [1.54, 1.807) is 0 Å². The zero-order valence-electron chi connectivity index (χ0n) is 9.10. The predicted octanol–water partition coefficient (Wildman–Crippen LogP) is 2.01. The highest BCUT2D eigenvalue weighted by Gasteiger charge is 1.97. The number of thiophene rings is 1. The van der Waals surface area contributed by atoms with Crippen LogP contribution in [0.25, 0.3) is 0 Å². The molecule has 0 saturated carbocycles. The van der Waals surface area contributed by atoms with Crippen LogP contribution in [0.5, 0.6) is 0 Å². The highest BCUT2D eigenvalue weighted by molar-refractivity contribution is 7.11. The minimum atomic E-state index is 1.02. The van der Waals surface area contributed by atoms with Crippen LogP contribution in [0.3, 0.4) is 0 Å². The molecule has 0 aliphatic heterocycles. The SMILES string of the molecule is CCc1ccc(CNCCCNC)s1. The Labute approximate surface area is 90.7 Å². The number of hydrogen-bond donors (Lipinski definition) is 2. The Morgan fingerprint density at radius 3 is 2.64 bits per heavy atom. The Morgan fingerprint density at radius 2 is 2.00 bits per heavy atom. The van der Waals surface area contributed by atoms with Crippen LogP contribution in [0.15, 0.2) is 12.1 Å². The minimum absolute atomic E-state index is 1.02. The summed E-state index contributed by atoms with van der Waals surface area (Å²) in [5, 5.41) is 6.59. The fourth-order valence-corrected chi connectivity index (χ4v) is 2.24. The van der Waals surface area contributed by atoms with Crippen LogP contribution >= 0.6 is 11.3 Å². The molecule has 0 aliphatic rings. The molecule has 0 aliphatic carbocycles. The third kappa shape index (κ3) is 4.22. The fourth-order valence-electron chi connectivity index (χ4n) is 1.31. The molecule has 1 heterocycles. The van der Waals surface area contributed by atoms with E-state index in [4.69, 9.17) is 0 Å². The van der Waals surface area contributed by atoms with Crippen molar-refractivity contribution in [3.63, 3.8) is 0 Å². The molecule has 0 atom stereocenters. The van der Waals surface area contributed by atoms with Gasteiger partial charge in [-0.25, -0.2) is 0 Å². The normalized spacial score (nSPS) is 10.7. The summed E-state index contributed by atoms with van der Waals surface area (Å²) in [6.45, 7) is 5.42. The number of hydrogen-bond acceptors (Lipinski definition) is 3. The summed E-state index contributed by atoms with van der Waals surface area (Å²) in [5.74, 6) is 0. The second kappa shape index (κ2) is 6.98. The van der Waals surface area contributed by atoms with Gasteiger partial charge in [0.2, 0.25) is 0 Å². The second-order valence-electron chi connectivity index (χ2n) is 3.36. The molecule has 1 aromatic rings. The van der Waals surface area contributed by atoms with Crippen LogP contribution in [-0.2, 0) is 13.0 Å². The van der Waals surface area contributed by atoms with E-state index >= 15 is 0 Å². The lowest BCUT2D eigenvalue weighted by atomic mass is 10.3. The minimum Gasteiger partial charge on any atom is -0.320 e.